The van der Waals surface area contributed by atoms with Gasteiger partial charge in [-0.2, -0.15) is 0 Å². The molecule has 0 N–H and O–H groups in total. The molecule has 8 aromatic rings. The Morgan fingerprint density at radius 2 is 0.357 bits per heavy atom. The van der Waals surface area contributed by atoms with Crippen LogP contribution in [-0.4, -0.2) is 11.9 Å². The van der Waals surface area contributed by atoms with Crippen molar-refractivity contribution in [2.24, 2.45) is 0 Å². The summed E-state index contributed by atoms with van der Waals surface area (Å²) in [5.74, 6) is -2.20. The van der Waals surface area contributed by atoms with Crippen LogP contribution in [0.2, 0.25) is 0 Å². The number of hydrogen-bond donors (Lipinski definition) is 0. The monoisotopic (exact) mass is 766 g/mol. The zero-order chi connectivity index (χ0) is 38.4. The van der Waals surface area contributed by atoms with Gasteiger partial charge in [0, 0.05) is 0 Å². The van der Waals surface area contributed by atoms with Crippen LogP contribution in [-0.2, 0) is 18.6 Å². The number of carbonyl (C=O) groups is 2. The summed E-state index contributed by atoms with van der Waals surface area (Å²) in [7, 11) is 0. The van der Waals surface area contributed by atoms with Gasteiger partial charge in [0.25, 0.3) is 0 Å². The van der Waals surface area contributed by atoms with E-state index >= 15 is 9.59 Å². The van der Waals surface area contributed by atoms with Gasteiger partial charge in [0.05, 0.1) is 0 Å². The van der Waals surface area contributed by atoms with Crippen molar-refractivity contribution < 1.29 is 18.6 Å². The predicted octanol–water partition coefficient (Wildman–Crippen LogP) is 7.61. The molecule has 0 unspecified atom stereocenters. The summed E-state index contributed by atoms with van der Waals surface area (Å²) >= 11 is 0. The molecule has 0 amide bonds. The summed E-state index contributed by atoms with van der Waals surface area (Å²) in [5.41, 5.74) is 0. The van der Waals surface area contributed by atoms with Crippen molar-refractivity contribution >= 4 is 68.0 Å². The maximum atomic E-state index is 15.6. The van der Waals surface area contributed by atoms with Crippen molar-refractivity contribution in [3.63, 3.8) is 0 Å². The van der Waals surface area contributed by atoms with Gasteiger partial charge < -0.3 is 0 Å². The number of carbonyl (C=O) groups excluding carboxylic acids is 2. The molecule has 4 nitrogen and oxygen atoms in total. The normalized spacial score (nSPS) is 12.9. The van der Waals surface area contributed by atoms with Crippen LogP contribution in [0.1, 0.15) is 0 Å². The minimum atomic E-state index is -4.58. The average molecular weight is 767 g/mol. The van der Waals surface area contributed by atoms with Crippen LogP contribution in [0, 0.1) is 0 Å². The Morgan fingerprint density at radius 3 is 0.482 bits per heavy atom. The molecule has 0 aliphatic heterocycles. The summed E-state index contributed by atoms with van der Waals surface area (Å²) < 4.78 is 14.6. The molecule has 0 aromatic heterocycles. The van der Waals surface area contributed by atoms with E-state index in [1.165, 1.54) is 0 Å². The second-order valence-electron chi connectivity index (χ2n) is 13.5. The molecule has 0 aliphatic rings. The number of hydrogen-bond acceptors (Lipinski definition) is 4. The van der Waals surface area contributed by atoms with E-state index < -0.39 is 25.6 Å². The van der Waals surface area contributed by atoms with E-state index in [1.54, 1.807) is 0 Å². The number of rotatable bonds is 10. The van der Waals surface area contributed by atoms with Gasteiger partial charge in [-0.25, -0.2) is 0 Å². The summed E-state index contributed by atoms with van der Waals surface area (Å²) in [6.45, 7) is -9.15. The maximum absolute atomic E-state index is 15.6. The third-order valence-corrected chi connectivity index (χ3v) is 22.0. The van der Waals surface area contributed by atoms with Crippen LogP contribution < -0.4 is 42.4 Å². The van der Waals surface area contributed by atoms with Crippen molar-refractivity contribution in [3.8, 4) is 0 Å². The predicted molar refractivity (Wildman–Crippen MR) is 235 cm³/mol. The van der Waals surface area contributed by atoms with Gasteiger partial charge in [0.15, 0.2) is 0 Å². The van der Waals surface area contributed by atoms with Gasteiger partial charge >= 0.3 is 329 Å². The zero-order valence-corrected chi connectivity index (χ0v) is 32.4. The summed E-state index contributed by atoms with van der Waals surface area (Å²) in [4.78, 5) is 31.1. The molecule has 0 bridgehead atoms. The number of benzene rings is 8. The Balaban J connectivity index is 1.45. The van der Waals surface area contributed by atoms with E-state index in [1.807, 2.05) is 243 Å². The molecule has 0 spiro atoms. The summed E-state index contributed by atoms with van der Waals surface area (Å²) in [6, 6.07) is 78.5. The van der Waals surface area contributed by atoms with Crippen molar-refractivity contribution in [1.29, 1.82) is 0 Å². The Bertz CT molecular complexity index is 2030. The third-order valence-electron chi connectivity index (χ3n) is 10.7. The second kappa shape index (κ2) is 15.0. The SMILES string of the molecule is O=C(OP(c1ccccc1)(c1ccccc1)(c1ccccc1)c1ccccc1)C(=O)OP(c1ccccc1)(c1ccccc1)(c1ccccc1)c1ccccc1. The van der Waals surface area contributed by atoms with Gasteiger partial charge in [-0.1, -0.05) is 0 Å². The quantitative estimate of drug-likeness (QED) is 0.106. The zero-order valence-electron chi connectivity index (χ0n) is 30.6. The molecular formula is C50H40O4P2. The Kier molecular flexibility index (Phi) is 9.79. The van der Waals surface area contributed by atoms with Crippen LogP contribution in [0.25, 0.3) is 0 Å². The Labute approximate surface area is 328 Å². The molecule has 6 heteroatoms. The molecule has 0 aliphatic carbocycles. The standard InChI is InChI=1S/C50H40O4P2/c51-49(53-55(41-25-9-1-10-26-41,42-27-11-2-12-28-42,43-29-13-3-14-30-43)44-31-15-4-16-32-44)50(52)54-56(45-33-17-5-18-34-45,46-35-19-6-20-36-46,47-37-21-7-22-38-47)48-39-23-8-24-40-48/h1-40H. The van der Waals surface area contributed by atoms with E-state index in [9.17, 15) is 0 Å². The fourth-order valence-corrected chi connectivity index (χ4v) is 19.5. The van der Waals surface area contributed by atoms with Crippen LogP contribution in [0.3, 0.4) is 0 Å². The molecule has 0 radical (unpaired) electrons. The van der Waals surface area contributed by atoms with Gasteiger partial charge in [0.2, 0.25) is 0 Å². The van der Waals surface area contributed by atoms with Gasteiger partial charge in [-0.05, 0) is 0 Å². The molecule has 0 atom stereocenters. The molecule has 8 aromatic carbocycles. The van der Waals surface area contributed by atoms with Crippen LogP contribution in [0.4, 0.5) is 0 Å². The first kappa shape index (κ1) is 36.5. The van der Waals surface area contributed by atoms with Crippen molar-refractivity contribution in [3.05, 3.63) is 243 Å². The van der Waals surface area contributed by atoms with E-state index in [0.29, 0.717) is 0 Å². The topological polar surface area (TPSA) is 52.6 Å². The second-order valence-corrected chi connectivity index (χ2v) is 22.2. The van der Waals surface area contributed by atoms with Crippen LogP contribution in [0.15, 0.2) is 243 Å². The molecule has 0 heterocycles. The van der Waals surface area contributed by atoms with Gasteiger partial charge in [0.1, 0.15) is 0 Å². The van der Waals surface area contributed by atoms with E-state index in [4.69, 9.17) is 9.05 Å². The average Bonchev–Trinajstić information content (AvgIpc) is 3.30. The first-order valence-corrected chi connectivity index (χ1v) is 22.8. The Morgan fingerprint density at radius 1 is 0.232 bits per heavy atom. The first-order chi connectivity index (χ1) is 27.5. The first-order valence-electron chi connectivity index (χ1n) is 18.5. The molecule has 8 rings (SSSR count). The van der Waals surface area contributed by atoms with E-state index in [2.05, 4.69) is 0 Å². The molecule has 0 saturated heterocycles. The van der Waals surface area contributed by atoms with Gasteiger partial charge in [-0.3, -0.25) is 0 Å². The fourth-order valence-electron chi connectivity index (χ4n) is 8.32. The molecular weight excluding hydrogens is 726 g/mol. The molecule has 0 fully saturated rings. The third kappa shape index (κ3) is 5.45. The van der Waals surface area contributed by atoms with Gasteiger partial charge in [-0.15, -0.1) is 0 Å². The molecule has 0 saturated carbocycles. The van der Waals surface area contributed by atoms with Crippen molar-refractivity contribution in [2.45, 2.75) is 0 Å². The fraction of sp³-hybridized carbons (Fsp3) is 0. The van der Waals surface area contributed by atoms with Crippen LogP contribution in [0.5, 0.6) is 0 Å². The van der Waals surface area contributed by atoms with Crippen LogP contribution >= 0.6 is 13.7 Å². The minimum absolute atomic E-state index is 0.762. The summed E-state index contributed by atoms with van der Waals surface area (Å²) in [5, 5.41) is 6.10. The Hall–Kier alpha value is -6.44. The van der Waals surface area contributed by atoms with Crippen molar-refractivity contribution in [2.75, 3.05) is 0 Å². The summed E-state index contributed by atoms with van der Waals surface area (Å²) in [6.07, 6.45) is 0. The van der Waals surface area contributed by atoms with E-state index in [0.717, 1.165) is 42.4 Å². The van der Waals surface area contributed by atoms with Crippen molar-refractivity contribution in [1.82, 2.24) is 0 Å². The van der Waals surface area contributed by atoms with E-state index in [-0.39, 0.29) is 0 Å². The molecule has 274 valence electrons. The molecule has 56 heavy (non-hydrogen) atoms.